The molecule has 0 spiro atoms. The van der Waals surface area contributed by atoms with Crippen molar-refractivity contribution >= 4 is 34.2 Å². The van der Waals surface area contributed by atoms with Gasteiger partial charge in [-0.05, 0) is 36.9 Å². The summed E-state index contributed by atoms with van der Waals surface area (Å²) in [4.78, 5) is 4.75. The van der Waals surface area contributed by atoms with Crippen LogP contribution >= 0.6 is 23.2 Å². The average Bonchev–Trinajstić information content (AvgIpc) is 2.86. The van der Waals surface area contributed by atoms with Crippen LogP contribution in [0.5, 0.6) is 0 Å². The first-order chi connectivity index (χ1) is 10.7. The van der Waals surface area contributed by atoms with Crippen molar-refractivity contribution in [3.8, 4) is 0 Å². The summed E-state index contributed by atoms with van der Waals surface area (Å²) in [5.41, 5.74) is 3.18. The minimum atomic E-state index is 0.652. The van der Waals surface area contributed by atoms with Crippen molar-refractivity contribution in [1.82, 2.24) is 14.9 Å². The van der Waals surface area contributed by atoms with Gasteiger partial charge < -0.3 is 9.88 Å². The van der Waals surface area contributed by atoms with Crippen LogP contribution in [0.2, 0.25) is 10.0 Å². The number of halogens is 2. The van der Waals surface area contributed by atoms with Crippen molar-refractivity contribution in [2.24, 2.45) is 0 Å². The van der Waals surface area contributed by atoms with E-state index < -0.39 is 0 Å². The Morgan fingerprint density at radius 1 is 1.14 bits per heavy atom. The molecule has 0 bridgehead atoms. The molecule has 3 rings (SSSR count). The van der Waals surface area contributed by atoms with Gasteiger partial charge in [-0.3, -0.25) is 0 Å². The highest BCUT2D eigenvalue weighted by Gasteiger charge is 2.12. The van der Waals surface area contributed by atoms with Crippen LogP contribution in [0.15, 0.2) is 42.5 Å². The normalized spacial score (nSPS) is 11.2. The molecule has 0 aliphatic heterocycles. The summed E-state index contributed by atoms with van der Waals surface area (Å²) in [6.07, 6.45) is 0.871. The van der Waals surface area contributed by atoms with Gasteiger partial charge in [0.25, 0.3) is 0 Å². The number of rotatable bonds is 5. The number of para-hydroxylation sites is 2. The van der Waals surface area contributed by atoms with Gasteiger partial charge in [-0.1, -0.05) is 41.4 Å². The molecule has 0 aliphatic carbocycles. The summed E-state index contributed by atoms with van der Waals surface area (Å²) in [5, 5.41) is 4.51. The molecule has 0 fully saturated rings. The third-order valence-corrected chi connectivity index (χ3v) is 4.26. The van der Waals surface area contributed by atoms with Gasteiger partial charge in [0.1, 0.15) is 5.82 Å². The molecule has 0 radical (unpaired) electrons. The van der Waals surface area contributed by atoms with E-state index in [4.69, 9.17) is 28.2 Å². The molecule has 1 N–H and O–H groups in total. The molecule has 2 aromatic carbocycles. The van der Waals surface area contributed by atoms with Crippen LogP contribution in [0.25, 0.3) is 11.0 Å². The van der Waals surface area contributed by atoms with E-state index in [-0.39, 0.29) is 0 Å². The zero-order chi connectivity index (χ0) is 15.5. The van der Waals surface area contributed by atoms with Gasteiger partial charge in [0.2, 0.25) is 0 Å². The molecule has 1 aromatic heterocycles. The fourth-order valence-corrected chi connectivity index (χ4v) is 3.02. The molecule has 0 aliphatic rings. The largest absolute Gasteiger partial charge is 0.323 e. The number of nitrogens with zero attached hydrogens (tertiary/aromatic N) is 2. The molecule has 0 unspecified atom stereocenters. The Hall–Kier alpha value is -1.55. The summed E-state index contributed by atoms with van der Waals surface area (Å²) in [5.74, 6) is 1.06. The van der Waals surface area contributed by atoms with Crippen LogP contribution in [-0.4, -0.2) is 23.1 Å². The van der Waals surface area contributed by atoms with Gasteiger partial charge in [-0.15, -0.1) is 0 Å². The van der Waals surface area contributed by atoms with Crippen molar-refractivity contribution in [3.05, 3.63) is 63.9 Å². The van der Waals surface area contributed by atoms with Gasteiger partial charge >= 0.3 is 0 Å². The summed E-state index contributed by atoms with van der Waals surface area (Å²) >= 11 is 12.3. The second kappa shape index (κ2) is 6.69. The van der Waals surface area contributed by atoms with E-state index in [1.807, 2.05) is 37.4 Å². The predicted octanol–water partition coefficient (Wildman–Crippen LogP) is 4.15. The van der Waals surface area contributed by atoms with Crippen molar-refractivity contribution in [2.45, 2.75) is 13.0 Å². The second-order valence-corrected chi connectivity index (χ2v) is 6.04. The fourth-order valence-electron chi connectivity index (χ4n) is 2.55. The van der Waals surface area contributed by atoms with Gasteiger partial charge in [-0.25, -0.2) is 4.98 Å². The molecule has 5 heteroatoms. The minimum absolute atomic E-state index is 0.652. The van der Waals surface area contributed by atoms with E-state index >= 15 is 0 Å². The van der Waals surface area contributed by atoms with Gasteiger partial charge in [0.15, 0.2) is 0 Å². The molecule has 0 atom stereocenters. The van der Waals surface area contributed by atoms with E-state index in [9.17, 15) is 0 Å². The lowest BCUT2D eigenvalue weighted by atomic mass is 10.2. The number of fused-ring (bicyclic) bond motifs is 1. The third kappa shape index (κ3) is 3.12. The molecule has 3 aromatic rings. The first-order valence-electron chi connectivity index (χ1n) is 7.21. The molecule has 3 nitrogen and oxygen atoms in total. The Morgan fingerprint density at radius 2 is 1.95 bits per heavy atom. The van der Waals surface area contributed by atoms with Crippen molar-refractivity contribution in [3.63, 3.8) is 0 Å². The van der Waals surface area contributed by atoms with Crippen molar-refractivity contribution in [2.75, 3.05) is 13.6 Å². The maximum Gasteiger partial charge on any atom is 0.111 e. The van der Waals surface area contributed by atoms with Crippen LogP contribution in [-0.2, 0) is 13.0 Å². The topological polar surface area (TPSA) is 29.9 Å². The third-order valence-electron chi connectivity index (χ3n) is 3.68. The molecule has 22 heavy (non-hydrogen) atoms. The maximum absolute atomic E-state index is 6.32. The quantitative estimate of drug-likeness (QED) is 0.759. The molecule has 114 valence electrons. The molecular weight excluding hydrogens is 317 g/mol. The van der Waals surface area contributed by atoms with Crippen LogP contribution < -0.4 is 5.32 Å². The van der Waals surface area contributed by atoms with Crippen LogP contribution in [0, 0.1) is 0 Å². The maximum atomic E-state index is 6.32. The van der Waals surface area contributed by atoms with Gasteiger partial charge in [-0.2, -0.15) is 0 Å². The monoisotopic (exact) mass is 333 g/mol. The number of aromatic nitrogens is 2. The molecule has 1 heterocycles. The lowest BCUT2D eigenvalue weighted by molar-refractivity contribution is 0.696. The minimum Gasteiger partial charge on any atom is -0.323 e. The molecule has 0 saturated heterocycles. The lowest BCUT2D eigenvalue weighted by Crippen LogP contribution is -2.14. The van der Waals surface area contributed by atoms with E-state index in [1.54, 1.807) is 6.07 Å². The van der Waals surface area contributed by atoms with E-state index in [0.29, 0.717) is 16.6 Å². The zero-order valence-corrected chi connectivity index (χ0v) is 13.8. The van der Waals surface area contributed by atoms with Crippen molar-refractivity contribution in [1.29, 1.82) is 0 Å². The number of nitrogens with one attached hydrogen (secondary N) is 1. The molecule has 0 amide bonds. The van der Waals surface area contributed by atoms with E-state index in [2.05, 4.69) is 16.0 Å². The highest BCUT2D eigenvalue weighted by atomic mass is 35.5. The van der Waals surface area contributed by atoms with Gasteiger partial charge in [0.05, 0.1) is 17.6 Å². The number of hydrogen-bond donors (Lipinski definition) is 1. The number of imidazole rings is 1. The summed E-state index contributed by atoms with van der Waals surface area (Å²) in [6, 6.07) is 13.8. The molecular formula is C17H17Cl2N3. The summed E-state index contributed by atoms with van der Waals surface area (Å²) in [7, 11) is 1.95. The van der Waals surface area contributed by atoms with Crippen LogP contribution in [0.3, 0.4) is 0 Å². The Balaban J connectivity index is 2.03. The standard InChI is InChI=1S/C17H17Cl2N3/c1-20-9-8-17-21-15-4-2-3-5-16(15)22(17)11-12-6-7-13(18)10-14(12)19/h2-7,10,20H,8-9,11H2,1H3. The average molecular weight is 334 g/mol. The number of hydrogen-bond acceptors (Lipinski definition) is 2. The van der Waals surface area contributed by atoms with Crippen LogP contribution in [0.4, 0.5) is 0 Å². The first-order valence-corrected chi connectivity index (χ1v) is 7.97. The highest BCUT2D eigenvalue weighted by molar-refractivity contribution is 6.35. The van der Waals surface area contributed by atoms with Gasteiger partial charge in [0, 0.05) is 23.0 Å². The Kier molecular flexibility index (Phi) is 4.67. The second-order valence-electron chi connectivity index (χ2n) is 5.19. The Bertz CT molecular complexity index is 796. The zero-order valence-electron chi connectivity index (χ0n) is 12.3. The lowest BCUT2D eigenvalue weighted by Gasteiger charge is -2.11. The number of likely N-dealkylation sites (N-methyl/N-ethyl adjacent to an activating group) is 1. The first kappa shape index (κ1) is 15.3. The van der Waals surface area contributed by atoms with E-state index in [0.717, 1.165) is 35.4 Å². The fraction of sp³-hybridized carbons (Fsp3) is 0.235. The van der Waals surface area contributed by atoms with E-state index in [1.165, 1.54) is 0 Å². The highest BCUT2D eigenvalue weighted by Crippen LogP contribution is 2.24. The SMILES string of the molecule is CNCCc1nc2ccccc2n1Cc1ccc(Cl)cc1Cl. The van der Waals surface area contributed by atoms with Crippen molar-refractivity contribution < 1.29 is 0 Å². The Labute approximate surface area is 139 Å². The smallest absolute Gasteiger partial charge is 0.111 e. The summed E-state index contributed by atoms with van der Waals surface area (Å²) < 4.78 is 2.22. The molecule has 0 saturated carbocycles. The predicted molar refractivity (Wildman–Crippen MR) is 92.9 cm³/mol. The summed E-state index contributed by atoms with van der Waals surface area (Å²) in [6.45, 7) is 1.58. The Morgan fingerprint density at radius 3 is 2.73 bits per heavy atom. The van der Waals surface area contributed by atoms with Crippen LogP contribution in [0.1, 0.15) is 11.4 Å². The number of benzene rings is 2.